The van der Waals surface area contributed by atoms with Gasteiger partial charge in [-0.1, -0.05) is 19.1 Å². The summed E-state index contributed by atoms with van der Waals surface area (Å²) in [5.41, 5.74) is 2.61. The number of fused-ring (bicyclic) bond motifs is 2. The number of thioether (sulfide) groups is 1. The number of benzene rings is 1. The van der Waals surface area contributed by atoms with Gasteiger partial charge >= 0.3 is 0 Å². The smallest absolute Gasteiger partial charge is 0.293 e. The first-order valence-corrected chi connectivity index (χ1v) is 9.79. The third-order valence-corrected chi connectivity index (χ3v) is 6.29. The standard InChI is InChI=1S/C17H15N3O3S2/c1-2-10(21)16(23)19-17-18-14-9-4-3-5-12-15(9)20(13(22)8-24-12)7-6-11(14)25-17/h3-5H,2,6-8H2,1H3,(H,18,19,23). The second-order valence-corrected chi connectivity index (χ2v) is 7.86. The molecule has 0 aliphatic carbocycles. The predicted molar refractivity (Wildman–Crippen MR) is 98.3 cm³/mol. The number of nitrogens with one attached hydrogen (secondary N) is 1. The molecule has 0 atom stereocenters. The van der Waals surface area contributed by atoms with Crippen LogP contribution in [0.4, 0.5) is 10.8 Å². The fourth-order valence-electron chi connectivity index (χ4n) is 3.01. The van der Waals surface area contributed by atoms with Crippen molar-refractivity contribution in [2.75, 3.05) is 22.5 Å². The van der Waals surface area contributed by atoms with Gasteiger partial charge in [-0.25, -0.2) is 4.98 Å². The maximum Gasteiger partial charge on any atom is 0.293 e. The summed E-state index contributed by atoms with van der Waals surface area (Å²) >= 11 is 2.91. The molecule has 3 heterocycles. The number of hydrogen-bond acceptors (Lipinski definition) is 6. The molecule has 0 spiro atoms. The summed E-state index contributed by atoms with van der Waals surface area (Å²) in [5.74, 6) is -0.524. The second-order valence-electron chi connectivity index (χ2n) is 5.76. The number of carbonyl (C=O) groups is 3. The molecule has 1 aromatic heterocycles. The summed E-state index contributed by atoms with van der Waals surface area (Å²) in [5, 5.41) is 3.03. The van der Waals surface area contributed by atoms with E-state index in [4.69, 9.17) is 0 Å². The van der Waals surface area contributed by atoms with Crippen molar-refractivity contribution in [3.8, 4) is 11.3 Å². The van der Waals surface area contributed by atoms with Crippen molar-refractivity contribution in [3.63, 3.8) is 0 Å². The van der Waals surface area contributed by atoms with E-state index in [1.165, 1.54) is 11.3 Å². The van der Waals surface area contributed by atoms with Crippen molar-refractivity contribution in [2.24, 2.45) is 0 Å². The minimum atomic E-state index is -0.631. The minimum absolute atomic E-state index is 0.113. The van der Waals surface area contributed by atoms with Crippen molar-refractivity contribution in [1.82, 2.24) is 4.98 Å². The highest BCUT2D eigenvalue weighted by molar-refractivity contribution is 8.00. The van der Waals surface area contributed by atoms with Crippen LogP contribution in [0.25, 0.3) is 11.3 Å². The quantitative estimate of drug-likeness (QED) is 0.837. The Morgan fingerprint density at radius 3 is 3.00 bits per heavy atom. The maximum absolute atomic E-state index is 12.3. The van der Waals surface area contributed by atoms with E-state index in [0.29, 0.717) is 23.8 Å². The van der Waals surface area contributed by atoms with Crippen LogP contribution in [0, 0.1) is 0 Å². The van der Waals surface area contributed by atoms with Gasteiger partial charge in [-0.15, -0.1) is 23.1 Å². The zero-order valence-electron chi connectivity index (χ0n) is 13.5. The number of aromatic nitrogens is 1. The van der Waals surface area contributed by atoms with Crippen LogP contribution < -0.4 is 10.2 Å². The molecule has 0 saturated carbocycles. The minimum Gasteiger partial charge on any atom is -0.310 e. The lowest BCUT2D eigenvalue weighted by Gasteiger charge is -2.29. The SMILES string of the molecule is CCC(=O)C(=O)Nc1nc2c(s1)CCN1C(=O)CSc3cccc-2c31. The monoisotopic (exact) mass is 373 g/mol. The Labute approximate surface area is 152 Å². The van der Waals surface area contributed by atoms with E-state index in [-0.39, 0.29) is 12.3 Å². The number of para-hydroxylation sites is 1. The lowest BCUT2D eigenvalue weighted by Crippen LogP contribution is -2.36. The molecule has 0 saturated heterocycles. The number of ketones is 1. The van der Waals surface area contributed by atoms with E-state index in [0.717, 1.165) is 26.7 Å². The van der Waals surface area contributed by atoms with Crippen LogP contribution in [0.1, 0.15) is 18.2 Å². The number of amides is 2. The third-order valence-electron chi connectivity index (χ3n) is 4.23. The highest BCUT2D eigenvalue weighted by Gasteiger charge is 2.32. The lowest BCUT2D eigenvalue weighted by atomic mass is 10.1. The number of anilines is 2. The van der Waals surface area contributed by atoms with Gasteiger partial charge in [0.1, 0.15) is 0 Å². The normalized spacial score (nSPS) is 15.2. The van der Waals surface area contributed by atoms with Gasteiger partial charge in [0.25, 0.3) is 5.91 Å². The topological polar surface area (TPSA) is 79.4 Å². The Morgan fingerprint density at radius 2 is 2.20 bits per heavy atom. The highest BCUT2D eigenvalue weighted by atomic mass is 32.2. The largest absolute Gasteiger partial charge is 0.310 e. The molecule has 2 aliphatic rings. The van der Waals surface area contributed by atoms with Crippen LogP contribution in [0.3, 0.4) is 0 Å². The van der Waals surface area contributed by atoms with E-state index >= 15 is 0 Å². The molecule has 128 valence electrons. The lowest BCUT2D eigenvalue weighted by molar-refractivity contribution is -0.134. The number of Topliss-reactive ketones (excluding diaryl/α,β-unsaturated/α-hetero) is 1. The van der Waals surface area contributed by atoms with Gasteiger partial charge in [0.2, 0.25) is 11.7 Å². The van der Waals surface area contributed by atoms with Crippen LogP contribution in [-0.2, 0) is 20.8 Å². The Hall–Kier alpha value is -2.19. The van der Waals surface area contributed by atoms with E-state index in [2.05, 4.69) is 10.3 Å². The summed E-state index contributed by atoms with van der Waals surface area (Å²) in [6, 6.07) is 5.93. The van der Waals surface area contributed by atoms with Crippen molar-refractivity contribution >= 4 is 51.5 Å². The first-order chi connectivity index (χ1) is 12.1. The van der Waals surface area contributed by atoms with Crippen LogP contribution in [0.15, 0.2) is 23.1 Å². The number of thiazole rings is 1. The van der Waals surface area contributed by atoms with Crippen LogP contribution in [-0.4, -0.2) is 34.9 Å². The third kappa shape index (κ3) is 2.75. The van der Waals surface area contributed by atoms with Gasteiger partial charge in [-0.05, 0) is 6.07 Å². The molecule has 0 unspecified atom stereocenters. The fraction of sp³-hybridized carbons (Fsp3) is 0.294. The zero-order valence-corrected chi connectivity index (χ0v) is 15.1. The molecule has 0 radical (unpaired) electrons. The van der Waals surface area contributed by atoms with Gasteiger partial charge in [0, 0.05) is 34.7 Å². The molecule has 2 amide bonds. The number of carbonyl (C=O) groups excluding carboxylic acids is 3. The molecular formula is C17H15N3O3S2. The Bertz CT molecular complexity index is 907. The maximum atomic E-state index is 12.3. The van der Waals surface area contributed by atoms with Crippen molar-refractivity contribution < 1.29 is 14.4 Å². The highest BCUT2D eigenvalue weighted by Crippen LogP contribution is 2.46. The summed E-state index contributed by atoms with van der Waals surface area (Å²) in [6.07, 6.45) is 0.840. The molecular weight excluding hydrogens is 358 g/mol. The van der Waals surface area contributed by atoms with Crippen molar-refractivity contribution in [1.29, 1.82) is 0 Å². The Kier molecular flexibility index (Phi) is 4.09. The van der Waals surface area contributed by atoms with E-state index in [1.54, 1.807) is 18.7 Å². The van der Waals surface area contributed by atoms with Crippen molar-refractivity contribution in [3.05, 3.63) is 23.1 Å². The summed E-state index contributed by atoms with van der Waals surface area (Å²) < 4.78 is 0. The van der Waals surface area contributed by atoms with Crippen LogP contribution in [0.2, 0.25) is 0 Å². The predicted octanol–water partition coefficient (Wildman–Crippen LogP) is 2.72. The van der Waals surface area contributed by atoms with Gasteiger partial charge in [0.05, 0.1) is 17.1 Å². The Balaban J connectivity index is 1.76. The average Bonchev–Trinajstić information content (AvgIpc) is 2.95. The number of nitrogens with zero attached hydrogens (tertiary/aromatic N) is 2. The van der Waals surface area contributed by atoms with Gasteiger partial charge in [-0.3, -0.25) is 19.7 Å². The Morgan fingerprint density at radius 1 is 1.36 bits per heavy atom. The number of hydrogen-bond donors (Lipinski definition) is 1. The molecule has 2 aliphatic heterocycles. The molecule has 2 aromatic rings. The van der Waals surface area contributed by atoms with E-state index in [1.807, 2.05) is 23.1 Å². The molecule has 1 N–H and O–H groups in total. The molecule has 25 heavy (non-hydrogen) atoms. The first-order valence-electron chi connectivity index (χ1n) is 7.99. The molecule has 0 bridgehead atoms. The van der Waals surface area contributed by atoms with Crippen molar-refractivity contribution in [2.45, 2.75) is 24.7 Å². The molecule has 0 fully saturated rings. The van der Waals surface area contributed by atoms with E-state index < -0.39 is 11.7 Å². The summed E-state index contributed by atoms with van der Waals surface area (Å²) in [4.78, 5) is 44.1. The molecule has 4 rings (SSSR count). The molecule has 8 heteroatoms. The summed E-state index contributed by atoms with van der Waals surface area (Å²) in [7, 11) is 0. The fourth-order valence-corrected chi connectivity index (χ4v) is 4.94. The number of rotatable bonds is 3. The first kappa shape index (κ1) is 16.3. The summed E-state index contributed by atoms with van der Waals surface area (Å²) in [6.45, 7) is 2.25. The van der Waals surface area contributed by atoms with Gasteiger partial charge < -0.3 is 4.90 Å². The van der Waals surface area contributed by atoms with Gasteiger partial charge in [-0.2, -0.15) is 0 Å². The molecule has 1 aromatic carbocycles. The van der Waals surface area contributed by atoms with Gasteiger partial charge in [0.15, 0.2) is 5.13 Å². The van der Waals surface area contributed by atoms with Crippen LogP contribution in [0.5, 0.6) is 0 Å². The second kappa shape index (κ2) is 6.27. The zero-order chi connectivity index (χ0) is 17.6. The van der Waals surface area contributed by atoms with Crippen LogP contribution >= 0.6 is 23.1 Å². The molecule has 6 nitrogen and oxygen atoms in total. The average molecular weight is 373 g/mol. The van der Waals surface area contributed by atoms with E-state index in [9.17, 15) is 14.4 Å².